The molecule has 0 bridgehead atoms. The van der Waals surface area contributed by atoms with E-state index in [2.05, 4.69) is 58.7 Å². The molecule has 0 spiro atoms. The van der Waals surface area contributed by atoms with Crippen molar-refractivity contribution < 1.29 is 4.79 Å². The van der Waals surface area contributed by atoms with Crippen molar-refractivity contribution in [2.45, 2.75) is 19.5 Å². The lowest BCUT2D eigenvalue weighted by Crippen LogP contribution is -2.51. The first-order chi connectivity index (χ1) is 12.1. The first kappa shape index (κ1) is 17.7. The Morgan fingerprint density at radius 1 is 1.08 bits per heavy atom. The summed E-state index contributed by atoms with van der Waals surface area (Å²) in [6.07, 6.45) is 0. The van der Waals surface area contributed by atoms with Gasteiger partial charge in [0.2, 0.25) is 0 Å². The van der Waals surface area contributed by atoms with E-state index in [0.29, 0.717) is 6.54 Å². The average molecular weight is 340 g/mol. The summed E-state index contributed by atoms with van der Waals surface area (Å²) < 4.78 is 0. The zero-order chi connectivity index (χ0) is 17.6. The van der Waals surface area contributed by atoms with Gasteiger partial charge in [-0.1, -0.05) is 42.5 Å². The minimum Gasteiger partial charge on any atom is -0.334 e. The highest BCUT2D eigenvalue weighted by molar-refractivity contribution is 5.86. The zero-order valence-electron chi connectivity index (χ0n) is 15.2. The van der Waals surface area contributed by atoms with Crippen molar-refractivity contribution in [1.82, 2.24) is 20.4 Å². The predicted molar refractivity (Wildman–Crippen MR) is 103 cm³/mol. The molecule has 1 aliphatic heterocycles. The van der Waals surface area contributed by atoms with Gasteiger partial charge in [0.05, 0.1) is 0 Å². The summed E-state index contributed by atoms with van der Waals surface area (Å²) in [7, 11) is 2.15. The van der Waals surface area contributed by atoms with Crippen LogP contribution in [0.5, 0.6) is 0 Å². The Morgan fingerprint density at radius 3 is 2.60 bits per heavy atom. The molecule has 2 N–H and O–H groups in total. The Labute approximate surface area is 150 Å². The quantitative estimate of drug-likeness (QED) is 0.878. The molecule has 2 aromatic carbocycles. The van der Waals surface area contributed by atoms with Crippen LogP contribution >= 0.6 is 0 Å². The smallest absolute Gasteiger partial charge is 0.315 e. The van der Waals surface area contributed by atoms with Crippen molar-refractivity contribution in [2.24, 2.45) is 0 Å². The summed E-state index contributed by atoms with van der Waals surface area (Å²) in [5.41, 5.74) is 1.14. The van der Waals surface area contributed by atoms with Gasteiger partial charge in [0.1, 0.15) is 0 Å². The van der Waals surface area contributed by atoms with Crippen LogP contribution in [0.2, 0.25) is 0 Å². The van der Waals surface area contributed by atoms with Crippen molar-refractivity contribution in [3.63, 3.8) is 0 Å². The summed E-state index contributed by atoms with van der Waals surface area (Å²) in [6.45, 7) is 7.83. The van der Waals surface area contributed by atoms with Gasteiger partial charge in [0, 0.05) is 45.3 Å². The average Bonchev–Trinajstić information content (AvgIpc) is 2.62. The molecule has 2 aromatic rings. The molecule has 0 unspecified atom stereocenters. The zero-order valence-corrected chi connectivity index (χ0v) is 15.2. The summed E-state index contributed by atoms with van der Waals surface area (Å²) >= 11 is 0. The molecule has 1 heterocycles. The maximum absolute atomic E-state index is 12.2. The summed E-state index contributed by atoms with van der Waals surface area (Å²) in [5.74, 6) is 0. The number of urea groups is 1. The molecule has 1 saturated heterocycles. The number of rotatable bonds is 5. The number of carbonyl (C=O) groups excluding carboxylic acids is 1. The van der Waals surface area contributed by atoms with Crippen LogP contribution in [0.1, 0.15) is 12.5 Å². The second kappa shape index (κ2) is 8.32. The fraction of sp³-hybridized carbons (Fsp3) is 0.450. The van der Waals surface area contributed by atoms with Gasteiger partial charge < -0.3 is 15.5 Å². The van der Waals surface area contributed by atoms with Crippen molar-refractivity contribution in [2.75, 3.05) is 39.8 Å². The van der Waals surface area contributed by atoms with Crippen LogP contribution in [0.25, 0.3) is 10.8 Å². The number of nitrogens with zero attached hydrogens (tertiary/aromatic N) is 2. The van der Waals surface area contributed by atoms with Gasteiger partial charge in [-0.15, -0.1) is 0 Å². The Bertz CT molecular complexity index is 704. The monoisotopic (exact) mass is 340 g/mol. The molecule has 3 rings (SSSR count). The summed E-state index contributed by atoms with van der Waals surface area (Å²) in [4.78, 5) is 17.0. The maximum Gasteiger partial charge on any atom is 0.315 e. The van der Waals surface area contributed by atoms with Crippen molar-refractivity contribution >= 4 is 16.8 Å². The molecular weight excluding hydrogens is 312 g/mol. The van der Waals surface area contributed by atoms with E-state index in [9.17, 15) is 4.79 Å². The number of nitrogens with one attached hydrogen (secondary N) is 2. The van der Waals surface area contributed by atoms with Crippen molar-refractivity contribution in [3.05, 3.63) is 48.0 Å². The summed E-state index contributed by atoms with van der Waals surface area (Å²) in [6, 6.07) is 14.5. The molecule has 5 nitrogen and oxygen atoms in total. The van der Waals surface area contributed by atoms with Crippen LogP contribution in [-0.4, -0.2) is 61.6 Å². The molecule has 0 aromatic heterocycles. The largest absolute Gasteiger partial charge is 0.334 e. The molecule has 5 heteroatoms. The lowest BCUT2D eigenvalue weighted by molar-refractivity contribution is 0.144. The normalized spacial score (nSPS) is 17.4. The second-order valence-electron chi connectivity index (χ2n) is 6.97. The Hall–Kier alpha value is -2.11. The van der Waals surface area contributed by atoms with Crippen LogP contribution in [0, 0.1) is 0 Å². The molecule has 134 valence electrons. The number of benzene rings is 2. The highest BCUT2D eigenvalue weighted by atomic mass is 16.2. The van der Waals surface area contributed by atoms with E-state index in [1.165, 1.54) is 10.8 Å². The Kier molecular flexibility index (Phi) is 5.89. The van der Waals surface area contributed by atoms with Crippen LogP contribution < -0.4 is 10.6 Å². The SMILES string of the molecule is C[C@@H](CN1CCN(C)CC1)NC(=O)NCc1cccc2ccccc12. The van der Waals surface area contributed by atoms with Gasteiger partial charge >= 0.3 is 6.03 Å². The molecule has 0 radical (unpaired) electrons. The van der Waals surface area contributed by atoms with Gasteiger partial charge in [-0.3, -0.25) is 4.90 Å². The minimum absolute atomic E-state index is 0.102. The molecular formula is C20H28N4O. The van der Waals surface area contributed by atoms with Gasteiger partial charge in [0.15, 0.2) is 0 Å². The summed E-state index contributed by atoms with van der Waals surface area (Å²) in [5, 5.41) is 8.43. The van der Waals surface area contributed by atoms with E-state index in [0.717, 1.165) is 38.3 Å². The van der Waals surface area contributed by atoms with Crippen molar-refractivity contribution in [1.29, 1.82) is 0 Å². The highest BCUT2D eigenvalue weighted by Gasteiger charge is 2.17. The molecule has 1 fully saturated rings. The molecule has 1 atom stereocenters. The second-order valence-corrected chi connectivity index (χ2v) is 6.97. The third-order valence-electron chi connectivity index (χ3n) is 4.82. The van der Waals surface area contributed by atoms with Gasteiger partial charge in [-0.05, 0) is 30.3 Å². The molecule has 0 aliphatic carbocycles. The Morgan fingerprint density at radius 2 is 1.80 bits per heavy atom. The van der Waals surface area contributed by atoms with Gasteiger partial charge in [-0.25, -0.2) is 4.79 Å². The fourth-order valence-corrected chi connectivity index (χ4v) is 3.36. The number of hydrogen-bond donors (Lipinski definition) is 2. The van der Waals surface area contributed by atoms with Gasteiger partial charge in [-0.2, -0.15) is 0 Å². The molecule has 0 saturated carbocycles. The van der Waals surface area contributed by atoms with E-state index in [4.69, 9.17) is 0 Å². The molecule has 25 heavy (non-hydrogen) atoms. The molecule has 2 amide bonds. The van der Waals surface area contributed by atoms with Crippen molar-refractivity contribution in [3.8, 4) is 0 Å². The minimum atomic E-state index is -0.102. The lowest BCUT2D eigenvalue weighted by atomic mass is 10.0. The van der Waals surface area contributed by atoms with E-state index >= 15 is 0 Å². The highest BCUT2D eigenvalue weighted by Crippen LogP contribution is 2.18. The number of carbonyl (C=O) groups is 1. The van der Waals surface area contributed by atoms with E-state index in [1.54, 1.807) is 0 Å². The first-order valence-corrected chi connectivity index (χ1v) is 9.04. The third kappa shape index (κ3) is 4.94. The first-order valence-electron chi connectivity index (χ1n) is 9.04. The fourth-order valence-electron chi connectivity index (χ4n) is 3.36. The topological polar surface area (TPSA) is 47.6 Å². The van der Waals surface area contributed by atoms with Gasteiger partial charge in [0.25, 0.3) is 0 Å². The van der Waals surface area contributed by atoms with Crippen LogP contribution in [0.3, 0.4) is 0 Å². The maximum atomic E-state index is 12.2. The predicted octanol–water partition coefficient (Wildman–Crippen LogP) is 2.27. The number of likely N-dealkylation sites (N-methyl/N-ethyl adjacent to an activating group) is 1. The lowest BCUT2D eigenvalue weighted by Gasteiger charge is -2.34. The van der Waals surface area contributed by atoms with Crippen LogP contribution in [0.4, 0.5) is 4.79 Å². The van der Waals surface area contributed by atoms with Crippen LogP contribution in [-0.2, 0) is 6.54 Å². The van der Waals surface area contributed by atoms with E-state index in [-0.39, 0.29) is 12.1 Å². The van der Waals surface area contributed by atoms with Crippen LogP contribution in [0.15, 0.2) is 42.5 Å². The number of piperazine rings is 1. The van der Waals surface area contributed by atoms with E-state index < -0.39 is 0 Å². The number of amides is 2. The number of hydrogen-bond acceptors (Lipinski definition) is 3. The molecule has 1 aliphatic rings. The number of fused-ring (bicyclic) bond motifs is 1. The third-order valence-corrected chi connectivity index (χ3v) is 4.82. The Balaban J connectivity index is 1.47. The van der Waals surface area contributed by atoms with E-state index in [1.807, 2.05) is 18.2 Å². The standard InChI is InChI=1S/C20H28N4O/c1-16(15-24-12-10-23(2)11-13-24)22-20(25)21-14-18-8-5-7-17-6-3-4-9-19(17)18/h3-9,16H,10-15H2,1-2H3,(H2,21,22,25)/t16-/m0/s1.